The number of hydrogen-bond donors (Lipinski definition) is 2. The Morgan fingerprint density at radius 2 is 2.33 bits per heavy atom. The highest BCUT2D eigenvalue weighted by Gasteiger charge is 2.23. The van der Waals surface area contributed by atoms with Crippen LogP contribution in [0, 0.1) is 12.8 Å². The molecule has 1 unspecified atom stereocenters. The van der Waals surface area contributed by atoms with Gasteiger partial charge in [-0.25, -0.2) is 0 Å². The first-order valence-corrected chi connectivity index (χ1v) is 6.40. The molecule has 98 valence electrons. The summed E-state index contributed by atoms with van der Waals surface area (Å²) in [5.74, 6) is -1.14. The van der Waals surface area contributed by atoms with Crippen LogP contribution in [-0.2, 0) is 4.79 Å². The van der Waals surface area contributed by atoms with Crippen LogP contribution >= 0.6 is 11.6 Å². The molecule has 0 amide bonds. The van der Waals surface area contributed by atoms with Crippen LogP contribution in [0.1, 0.15) is 5.56 Å². The van der Waals surface area contributed by atoms with E-state index in [1.807, 2.05) is 25.1 Å². The molecule has 0 aromatic heterocycles. The van der Waals surface area contributed by atoms with Gasteiger partial charge in [0.1, 0.15) is 0 Å². The predicted octanol–water partition coefficient (Wildman–Crippen LogP) is 1.76. The lowest BCUT2D eigenvalue weighted by molar-refractivity contribution is -0.141. The molecule has 0 aliphatic carbocycles. The first kappa shape index (κ1) is 13.2. The van der Waals surface area contributed by atoms with E-state index in [1.165, 1.54) is 0 Å². The summed E-state index contributed by atoms with van der Waals surface area (Å²) in [6, 6.07) is 5.86. The molecule has 0 bridgehead atoms. The van der Waals surface area contributed by atoms with Gasteiger partial charge < -0.3 is 15.3 Å². The Morgan fingerprint density at radius 3 is 3.00 bits per heavy atom. The third-order valence-electron chi connectivity index (χ3n) is 3.26. The summed E-state index contributed by atoms with van der Waals surface area (Å²) in [5.41, 5.74) is 2.02. The van der Waals surface area contributed by atoms with Gasteiger partial charge in [0, 0.05) is 36.9 Å². The van der Waals surface area contributed by atoms with E-state index in [4.69, 9.17) is 16.7 Å². The lowest BCUT2D eigenvalue weighted by Gasteiger charge is -2.24. The van der Waals surface area contributed by atoms with Crippen molar-refractivity contribution < 1.29 is 9.90 Å². The van der Waals surface area contributed by atoms with E-state index in [1.54, 1.807) is 0 Å². The molecule has 0 radical (unpaired) electrons. The Balaban J connectivity index is 2.19. The molecule has 2 rings (SSSR count). The quantitative estimate of drug-likeness (QED) is 0.858. The Kier molecular flexibility index (Phi) is 4.09. The highest BCUT2D eigenvalue weighted by molar-refractivity contribution is 6.31. The molecule has 1 atom stereocenters. The summed E-state index contributed by atoms with van der Waals surface area (Å²) in [4.78, 5) is 13.2. The van der Waals surface area contributed by atoms with Gasteiger partial charge in [-0.2, -0.15) is 0 Å². The number of halogens is 1. The normalized spacial score (nSPS) is 20.6. The molecule has 5 heteroatoms. The largest absolute Gasteiger partial charge is 0.481 e. The number of aliphatic carboxylic acids is 1. The van der Waals surface area contributed by atoms with Crippen molar-refractivity contribution in [3.63, 3.8) is 0 Å². The fourth-order valence-corrected chi connectivity index (χ4v) is 2.27. The fraction of sp³-hybridized carbons (Fsp3) is 0.462. The van der Waals surface area contributed by atoms with Crippen molar-refractivity contribution in [1.82, 2.24) is 5.32 Å². The maximum absolute atomic E-state index is 11.1. The number of rotatable bonds is 2. The van der Waals surface area contributed by atoms with Gasteiger partial charge in [0.05, 0.1) is 5.92 Å². The first-order chi connectivity index (χ1) is 8.58. The van der Waals surface area contributed by atoms with E-state index in [2.05, 4.69) is 10.2 Å². The van der Waals surface area contributed by atoms with Crippen LogP contribution in [0.25, 0.3) is 0 Å². The number of carboxylic acid groups (broad SMARTS) is 1. The summed E-state index contributed by atoms with van der Waals surface area (Å²) >= 11 is 6.11. The molecule has 0 saturated carbocycles. The molecule has 18 heavy (non-hydrogen) atoms. The average molecular weight is 269 g/mol. The summed E-state index contributed by atoms with van der Waals surface area (Å²) in [6.07, 6.45) is 0. The summed E-state index contributed by atoms with van der Waals surface area (Å²) in [7, 11) is 0. The number of anilines is 1. The first-order valence-electron chi connectivity index (χ1n) is 6.02. The number of hydrogen-bond acceptors (Lipinski definition) is 3. The lowest BCUT2D eigenvalue weighted by atomic mass is 10.1. The topological polar surface area (TPSA) is 52.6 Å². The van der Waals surface area contributed by atoms with Gasteiger partial charge >= 0.3 is 5.97 Å². The van der Waals surface area contributed by atoms with E-state index in [0.29, 0.717) is 13.1 Å². The molecule has 0 spiro atoms. The summed E-state index contributed by atoms with van der Waals surface area (Å²) < 4.78 is 0. The second kappa shape index (κ2) is 5.59. The molecule has 1 aliphatic rings. The molecule has 1 aromatic carbocycles. The molecule has 4 nitrogen and oxygen atoms in total. The number of carbonyl (C=O) groups is 1. The van der Waals surface area contributed by atoms with Crippen molar-refractivity contribution in [3.05, 3.63) is 28.8 Å². The van der Waals surface area contributed by atoms with E-state index >= 15 is 0 Å². The lowest BCUT2D eigenvalue weighted by Crippen LogP contribution is -2.33. The molecular formula is C13H17ClN2O2. The van der Waals surface area contributed by atoms with E-state index in [9.17, 15) is 4.79 Å². The summed E-state index contributed by atoms with van der Waals surface area (Å²) in [5, 5.41) is 13.0. The molecule has 1 fully saturated rings. The molecule has 2 N–H and O–H groups in total. The highest BCUT2D eigenvalue weighted by atomic mass is 35.5. The van der Waals surface area contributed by atoms with Crippen LogP contribution < -0.4 is 10.2 Å². The molecular weight excluding hydrogens is 252 g/mol. The van der Waals surface area contributed by atoms with Crippen LogP contribution in [0.4, 0.5) is 5.69 Å². The standard InChI is InChI=1S/C13H17ClN2O2/c1-9-2-3-11(6-12(9)14)16-5-4-15-7-10(8-16)13(17)18/h2-3,6,10,15H,4-5,7-8H2,1H3,(H,17,18). The van der Waals surface area contributed by atoms with Crippen molar-refractivity contribution in [2.24, 2.45) is 5.92 Å². The Morgan fingerprint density at radius 1 is 1.56 bits per heavy atom. The maximum Gasteiger partial charge on any atom is 0.309 e. The third kappa shape index (κ3) is 2.94. The number of nitrogens with one attached hydrogen (secondary N) is 1. The second-order valence-corrected chi connectivity index (χ2v) is 5.03. The van der Waals surface area contributed by atoms with Crippen molar-refractivity contribution in [3.8, 4) is 0 Å². The predicted molar refractivity (Wildman–Crippen MR) is 72.4 cm³/mol. The third-order valence-corrected chi connectivity index (χ3v) is 3.67. The monoisotopic (exact) mass is 268 g/mol. The molecule has 1 saturated heterocycles. The van der Waals surface area contributed by atoms with Gasteiger partial charge in [-0.3, -0.25) is 4.79 Å². The maximum atomic E-state index is 11.1. The molecule has 1 aromatic rings. The fourth-order valence-electron chi connectivity index (χ4n) is 2.09. The van der Waals surface area contributed by atoms with Crippen LogP contribution in [0.5, 0.6) is 0 Å². The minimum Gasteiger partial charge on any atom is -0.481 e. The van der Waals surface area contributed by atoms with Gasteiger partial charge in [0.15, 0.2) is 0 Å². The van der Waals surface area contributed by atoms with Gasteiger partial charge in [-0.05, 0) is 24.6 Å². The zero-order chi connectivity index (χ0) is 13.1. The molecule has 1 aliphatic heterocycles. The van der Waals surface area contributed by atoms with Crippen molar-refractivity contribution >= 4 is 23.3 Å². The van der Waals surface area contributed by atoms with Crippen LogP contribution in [0.3, 0.4) is 0 Å². The number of nitrogens with zero attached hydrogens (tertiary/aromatic N) is 1. The van der Waals surface area contributed by atoms with Crippen LogP contribution in [-0.4, -0.2) is 37.3 Å². The van der Waals surface area contributed by atoms with Gasteiger partial charge in [0.2, 0.25) is 0 Å². The number of carboxylic acids is 1. The van der Waals surface area contributed by atoms with E-state index in [-0.39, 0.29) is 5.92 Å². The van der Waals surface area contributed by atoms with E-state index in [0.717, 1.165) is 29.4 Å². The van der Waals surface area contributed by atoms with Crippen LogP contribution in [0.15, 0.2) is 18.2 Å². The SMILES string of the molecule is Cc1ccc(N2CCNCC(C(=O)O)C2)cc1Cl. The second-order valence-electron chi connectivity index (χ2n) is 4.62. The van der Waals surface area contributed by atoms with Gasteiger partial charge in [0.25, 0.3) is 0 Å². The Bertz CT molecular complexity index is 451. The average Bonchev–Trinajstić information content (AvgIpc) is 2.58. The summed E-state index contributed by atoms with van der Waals surface area (Å²) in [6.45, 7) is 4.57. The number of aryl methyl sites for hydroxylation is 1. The molecule has 1 heterocycles. The van der Waals surface area contributed by atoms with Gasteiger partial charge in [-0.1, -0.05) is 17.7 Å². The highest BCUT2D eigenvalue weighted by Crippen LogP contribution is 2.24. The zero-order valence-electron chi connectivity index (χ0n) is 10.3. The zero-order valence-corrected chi connectivity index (χ0v) is 11.1. The Hall–Kier alpha value is -1.26. The minimum atomic E-state index is -0.757. The van der Waals surface area contributed by atoms with Crippen LogP contribution in [0.2, 0.25) is 5.02 Å². The Labute approximate surface area is 112 Å². The minimum absolute atomic E-state index is 0.382. The van der Waals surface area contributed by atoms with Gasteiger partial charge in [-0.15, -0.1) is 0 Å². The van der Waals surface area contributed by atoms with Crippen molar-refractivity contribution in [2.75, 3.05) is 31.1 Å². The smallest absolute Gasteiger partial charge is 0.309 e. The van der Waals surface area contributed by atoms with Crippen molar-refractivity contribution in [1.29, 1.82) is 0 Å². The van der Waals surface area contributed by atoms with Crippen molar-refractivity contribution in [2.45, 2.75) is 6.92 Å². The van der Waals surface area contributed by atoms with E-state index < -0.39 is 5.97 Å². The number of benzene rings is 1.